The number of benzene rings is 1. The molecule has 1 N–H and O–H groups in total. The zero-order valence-electron chi connectivity index (χ0n) is 16.0. The van der Waals surface area contributed by atoms with E-state index in [1.54, 1.807) is 10.9 Å². The Balaban J connectivity index is 1.69. The third-order valence-electron chi connectivity index (χ3n) is 4.00. The molecular formula is C18H24N8O. The number of aryl methyl sites for hydroxylation is 2. The Hall–Kier alpha value is -3.07. The predicted molar refractivity (Wildman–Crippen MR) is 102 cm³/mol. The van der Waals surface area contributed by atoms with Crippen LogP contribution >= 0.6 is 0 Å². The van der Waals surface area contributed by atoms with Gasteiger partial charge in [-0.25, -0.2) is 4.68 Å². The van der Waals surface area contributed by atoms with Gasteiger partial charge in [0.05, 0.1) is 6.20 Å². The number of aromatic nitrogens is 6. The van der Waals surface area contributed by atoms with Crippen LogP contribution < -0.4 is 5.32 Å². The number of carbonyl (C=O) groups is 1. The van der Waals surface area contributed by atoms with Crippen molar-refractivity contribution in [3.8, 4) is 11.4 Å². The molecule has 0 aliphatic heterocycles. The average molecular weight is 368 g/mol. The van der Waals surface area contributed by atoms with Gasteiger partial charge in [0.1, 0.15) is 12.4 Å². The van der Waals surface area contributed by atoms with Crippen molar-refractivity contribution >= 4 is 11.7 Å². The first-order valence-electron chi connectivity index (χ1n) is 8.80. The van der Waals surface area contributed by atoms with Crippen LogP contribution in [0.15, 0.2) is 30.5 Å². The van der Waals surface area contributed by atoms with Gasteiger partial charge in [0.2, 0.25) is 11.7 Å². The van der Waals surface area contributed by atoms with Crippen LogP contribution in [0.4, 0.5) is 5.82 Å². The van der Waals surface area contributed by atoms with Crippen LogP contribution in [0.5, 0.6) is 0 Å². The lowest BCUT2D eigenvalue weighted by Gasteiger charge is -2.09. The van der Waals surface area contributed by atoms with Crippen molar-refractivity contribution in [2.24, 2.45) is 0 Å². The molecule has 2 heterocycles. The molecule has 0 bridgehead atoms. The molecule has 0 saturated carbocycles. The fraction of sp³-hybridized carbons (Fsp3) is 0.389. The minimum Gasteiger partial charge on any atom is -0.309 e. The molecule has 0 aliphatic carbocycles. The molecule has 0 spiro atoms. The SMILES string of the molecule is CCn1ncc(C)c1NC(=O)Cn1nnc(-c2cccc(CN(C)C)c2)n1. The van der Waals surface area contributed by atoms with Gasteiger partial charge in [-0.2, -0.15) is 9.90 Å². The fourth-order valence-electron chi connectivity index (χ4n) is 2.78. The summed E-state index contributed by atoms with van der Waals surface area (Å²) >= 11 is 0. The summed E-state index contributed by atoms with van der Waals surface area (Å²) in [5.41, 5.74) is 2.95. The van der Waals surface area contributed by atoms with E-state index in [4.69, 9.17) is 0 Å². The lowest BCUT2D eigenvalue weighted by molar-refractivity contribution is -0.117. The number of nitrogens with zero attached hydrogens (tertiary/aromatic N) is 7. The van der Waals surface area contributed by atoms with Crippen LogP contribution in [-0.4, -0.2) is 54.9 Å². The van der Waals surface area contributed by atoms with Gasteiger partial charge in [-0.15, -0.1) is 10.2 Å². The summed E-state index contributed by atoms with van der Waals surface area (Å²) in [6.45, 7) is 5.37. The molecule has 0 radical (unpaired) electrons. The smallest absolute Gasteiger partial charge is 0.249 e. The van der Waals surface area contributed by atoms with Gasteiger partial charge in [-0.05, 0) is 44.8 Å². The molecule has 142 valence electrons. The Morgan fingerprint density at radius 2 is 2.11 bits per heavy atom. The molecule has 0 fully saturated rings. The largest absolute Gasteiger partial charge is 0.309 e. The van der Waals surface area contributed by atoms with Crippen molar-refractivity contribution in [3.63, 3.8) is 0 Å². The van der Waals surface area contributed by atoms with Gasteiger partial charge in [0, 0.05) is 24.2 Å². The second kappa shape index (κ2) is 8.09. The number of amides is 1. The lowest BCUT2D eigenvalue weighted by atomic mass is 10.1. The highest BCUT2D eigenvalue weighted by Gasteiger charge is 2.13. The monoisotopic (exact) mass is 368 g/mol. The Labute approximate surface area is 158 Å². The molecular weight excluding hydrogens is 344 g/mol. The maximum absolute atomic E-state index is 12.3. The fourth-order valence-corrected chi connectivity index (χ4v) is 2.78. The van der Waals surface area contributed by atoms with E-state index in [1.165, 1.54) is 4.80 Å². The number of hydrogen-bond donors (Lipinski definition) is 1. The number of tetrazole rings is 1. The highest BCUT2D eigenvalue weighted by atomic mass is 16.2. The van der Waals surface area contributed by atoms with E-state index in [1.807, 2.05) is 46.1 Å². The van der Waals surface area contributed by atoms with Crippen molar-refractivity contribution in [1.82, 2.24) is 34.9 Å². The van der Waals surface area contributed by atoms with Gasteiger partial charge in [0.15, 0.2) is 0 Å². The third kappa shape index (κ3) is 4.56. The van der Waals surface area contributed by atoms with E-state index in [-0.39, 0.29) is 12.5 Å². The topological polar surface area (TPSA) is 93.8 Å². The summed E-state index contributed by atoms with van der Waals surface area (Å²) in [6, 6.07) is 7.99. The standard InChI is InChI=1S/C18H24N8O/c1-5-25-18(13(2)10-19-25)20-16(27)12-26-22-17(21-23-26)15-8-6-7-14(9-15)11-24(3)4/h6-10H,5,11-12H2,1-4H3,(H,20,27). The molecule has 1 amide bonds. The molecule has 0 saturated heterocycles. The zero-order chi connectivity index (χ0) is 19.4. The minimum atomic E-state index is -0.224. The molecule has 2 aromatic heterocycles. The molecule has 0 aliphatic rings. The molecule has 1 aromatic carbocycles. The summed E-state index contributed by atoms with van der Waals surface area (Å²) in [5, 5.41) is 19.5. The second-order valence-electron chi connectivity index (χ2n) is 6.62. The van der Waals surface area contributed by atoms with Gasteiger partial charge in [-0.1, -0.05) is 18.2 Å². The lowest BCUT2D eigenvalue weighted by Crippen LogP contribution is -2.22. The number of carbonyl (C=O) groups excluding carboxylic acids is 1. The van der Waals surface area contributed by atoms with E-state index < -0.39 is 0 Å². The van der Waals surface area contributed by atoms with E-state index >= 15 is 0 Å². The summed E-state index contributed by atoms with van der Waals surface area (Å²) in [6.07, 6.45) is 1.73. The van der Waals surface area contributed by atoms with Crippen molar-refractivity contribution in [3.05, 3.63) is 41.6 Å². The first-order valence-corrected chi connectivity index (χ1v) is 8.80. The van der Waals surface area contributed by atoms with E-state index in [0.717, 1.165) is 23.2 Å². The molecule has 3 rings (SSSR count). The third-order valence-corrected chi connectivity index (χ3v) is 4.00. The van der Waals surface area contributed by atoms with Crippen LogP contribution in [0.25, 0.3) is 11.4 Å². The highest BCUT2D eigenvalue weighted by molar-refractivity contribution is 5.90. The van der Waals surface area contributed by atoms with Crippen LogP contribution in [0.2, 0.25) is 0 Å². The van der Waals surface area contributed by atoms with Crippen LogP contribution in [0.3, 0.4) is 0 Å². The first-order chi connectivity index (χ1) is 13.0. The van der Waals surface area contributed by atoms with Crippen LogP contribution in [0, 0.1) is 6.92 Å². The maximum atomic E-state index is 12.3. The van der Waals surface area contributed by atoms with Gasteiger partial charge in [-0.3, -0.25) is 4.79 Å². The van der Waals surface area contributed by atoms with Crippen molar-refractivity contribution in [1.29, 1.82) is 0 Å². The van der Waals surface area contributed by atoms with E-state index in [2.05, 4.69) is 36.8 Å². The maximum Gasteiger partial charge on any atom is 0.249 e. The van der Waals surface area contributed by atoms with Crippen molar-refractivity contribution in [2.75, 3.05) is 19.4 Å². The second-order valence-corrected chi connectivity index (χ2v) is 6.62. The number of nitrogens with one attached hydrogen (secondary N) is 1. The summed E-state index contributed by atoms with van der Waals surface area (Å²) < 4.78 is 1.74. The Bertz CT molecular complexity index is 927. The van der Waals surface area contributed by atoms with E-state index in [0.29, 0.717) is 18.2 Å². The first kappa shape index (κ1) is 18.7. The Kier molecular flexibility index (Phi) is 5.60. The molecule has 9 heteroatoms. The highest BCUT2D eigenvalue weighted by Crippen LogP contribution is 2.16. The zero-order valence-corrected chi connectivity index (χ0v) is 16.0. The van der Waals surface area contributed by atoms with Crippen molar-refractivity contribution < 1.29 is 4.79 Å². The Morgan fingerprint density at radius 1 is 1.30 bits per heavy atom. The Morgan fingerprint density at radius 3 is 2.85 bits per heavy atom. The normalized spacial score (nSPS) is 11.1. The van der Waals surface area contributed by atoms with Crippen molar-refractivity contribution in [2.45, 2.75) is 33.5 Å². The molecule has 3 aromatic rings. The van der Waals surface area contributed by atoms with E-state index in [9.17, 15) is 4.79 Å². The summed E-state index contributed by atoms with van der Waals surface area (Å²) in [5.74, 6) is 0.969. The average Bonchev–Trinajstić information content (AvgIpc) is 3.22. The summed E-state index contributed by atoms with van der Waals surface area (Å²) in [4.78, 5) is 15.7. The summed E-state index contributed by atoms with van der Waals surface area (Å²) in [7, 11) is 4.04. The van der Waals surface area contributed by atoms with Gasteiger partial charge < -0.3 is 10.2 Å². The minimum absolute atomic E-state index is 0.0152. The van der Waals surface area contributed by atoms with Gasteiger partial charge in [0.25, 0.3) is 0 Å². The molecule has 0 unspecified atom stereocenters. The number of rotatable bonds is 7. The van der Waals surface area contributed by atoms with Crippen LogP contribution in [0.1, 0.15) is 18.1 Å². The predicted octanol–water partition coefficient (Wildman–Crippen LogP) is 1.57. The molecule has 9 nitrogen and oxygen atoms in total. The van der Waals surface area contributed by atoms with Crippen LogP contribution in [-0.2, 0) is 24.4 Å². The molecule has 0 atom stereocenters. The molecule has 27 heavy (non-hydrogen) atoms. The quantitative estimate of drug-likeness (QED) is 0.680. The van der Waals surface area contributed by atoms with Gasteiger partial charge >= 0.3 is 0 Å². The number of anilines is 1. The number of hydrogen-bond acceptors (Lipinski definition) is 6.